The summed E-state index contributed by atoms with van der Waals surface area (Å²) in [5.74, 6) is 0.661. The van der Waals surface area contributed by atoms with Gasteiger partial charge in [0.2, 0.25) is 0 Å². The van der Waals surface area contributed by atoms with Crippen molar-refractivity contribution in [3.05, 3.63) is 54.9 Å². The van der Waals surface area contributed by atoms with E-state index >= 15 is 0 Å². The smallest absolute Gasteiger partial charge is 0.348 e. The number of hydrogen-bond acceptors (Lipinski definition) is 6. The van der Waals surface area contributed by atoms with Gasteiger partial charge in [-0.3, -0.25) is 4.79 Å². The van der Waals surface area contributed by atoms with Crippen LogP contribution in [0.5, 0.6) is 5.75 Å². The van der Waals surface area contributed by atoms with Crippen LogP contribution in [0, 0.1) is 6.92 Å². The van der Waals surface area contributed by atoms with E-state index in [9.17, 15) is 9.59 Å². The van der Waals surface area contributed by atoms with Crippen LogP contribution in [-0.4, -0.2) is 29.7 Å². The third kappa shape index (κ3) is 3.96. The number of halogens is 1. The highest BCUT2D eigenvalue weighted by Gasteiger charge is 2.19. The van der Waals surface area contributed by atoms with Crippen molar-refractivity contribution in [2.45, 2.75) is 13.8 Å². The summed E-state index contributed by atoms with van der Waals surface area (Å²) in [4.78, 5) is 32.7. The van der Waals surface area contributed by atoms with E-state index in [0.29, 0.717) is 32.2 Å². The number of esters is 1. The van der Waals surface area contributed by atoms with E-state index in [1.807, 2.05) is 18.2 Å². The van der Waals surface area contributed by atoms with Crippen molar-refractivity contribution in [1.29, 1.82) is 0 Å². The fourth-order valence-corrected chi connectivity index (χ4v) is 4.10. The molecule has 0 unspecified atom stereocenters. The van der Waals surface area contributed by atoms with E-state index in [0.717, 1.165) is 21.4 Å². The number of aromatic amines is 1. The van der Waals surface area contributed by atoms with Gasteiger partial charge in [0.1, 0.15) is 21.3 Å². The number of nitrogens with zero attached hydrogens (tertiary/aromatic N) is 1. The van der Waals surface area contributed by atoms with Crippen molar-refractivity contribution in [3.63, 3.8) is 0 Å². The first-order chi connectivity index (χ1) is 12.9. The highest BCUT2D eigenvalue weighted by Crippen LogP contribution is 2.28. The summed E-state index contributed by atoms with van der Waals surface area (Å²) in [6, 6.07) is 5.63. The number of carbonyl (C=O) groups excluding carboxylic acids is 1. The molecule has 0 aliphatic heterocycles. The zero-order valence-electron chi connectivity index (χ0n) is 15.0. The lowest BCUT2D eigenvalue weighted by Crippen LogP contribution is -2.10. The van der Waals surface area contributed by atoms with E-state index < -0.39 is 5.97 Å². The molecule has 3 rings (SSSR count). The van der Waals surface area contributed by atoms with Crippen LogP contribution >= 0.6 is 27.3 Å². The van der Waals surface area contributed by atoms with Crippen molar-refractivity contribution in [2.75, 3.05) is 13.7 Å². The minimum absolute atomic E-state index is 0.277. The van der Waals surface area contributed by atoms with Gasteiger partial charge in [-0.05, 0) is 49.8 Å². The Morgan fingerprint density at radius 2 is 2.15 bits per heavy atom. The van der Waals surface area contributed by atoms with Gasteiger partial charge in [-0.2, -0.15) is 0 Å². The molecule has 0 spiro atoms. The van der Waals surface area contributed by atoms with Crippen molar-refractivity contribution >= 4 is 55.6 Å². The Labute approximate surface area is 168 Å². The summed E-state index contributed by atoms with van der Waals surface area (Å²) in [5.41, 5.74) is 1.14. The molecule has 0 aliphatic rings. The van der Waals surface area contributed by atoms with Crippen LogP contribution in [0.25, 0.3) is 22.4 Å². The summed E-state index contributed by atoms with van der Waals surface area (Å²) >= 11 is 4.59. The van der Waals surface area contributed by atoms with Crippen LogP contribution < -0.4 is 10.3 Å². The number of ether oxygens (including phenoxy) is 2. The number of benzene rings is 1. The van der Waals surface area contributed by atoms with Gasteiger partial charge in [0, 0.05) is 10.0 Å². The maximum absolute atomic E-state index is 12.5. The Balaban J connectivity index is 2.03. The van der Waals surface area contributed by atoms with Crippen molar-refractivity contribution in [3.8, 4) is 5.75 Å². The van der Waals surface area contributed by atoms with Gasteiger partial charge in [-0.15, -0.1) is 11.3 Å². The molecule has 1 aromatic carbocycles. The predicted molar refractivity (Wildman–Crippen MR) is 111 cm³/mol. The number of methoxy groups -OCH3 is 1. The summed E-state index contributed by atoms with van der Waals surface area (Å²) < 4.78 is 11.3. The first-order valence-corrected chi connectivity index (χ1v) is 9.77. The molecule has 0 fully saturated rings. The van der Waals surface area contributed by atoms with Crippen molar-refractivity contribution in [1.82, 2.24) is 9.97 Å². The zero-order valence-corrected chi connectivity index (χ0v) is 17.4. The molecule has 6 nitrogen and oxygen atoms in total. The van der Waals surface area contributed by atoms with Crippen LogP contribution in [0.2, 0.25) is 0 Å². The third-order valence-electron chi connectivity index (χ3n) is 3.89. The number of H-pyrrole nitrogens is 1. The normalized spacial score (nSPS) is 11.3. The molecular weight excluding hydrogens is 432 g/mol. The van der Waals surface area contributed by atoms with Crippen LogP contribution in [0.1, 0.15) is 33.5 Å². The van der Waals surface area contributed by atoms with Crippen LogP contribution in [0.3, 0.4) is 0 Å². The SMILES string of the molecule is CCOC(=O)c1sc2nc(C=Cc3cc(Br)ccc3OC)[nH]c(=O)c2c1C. The molecule has 3 aromatic rings. The average molecular weight is 449 g/mol. The lowest BCUT2D eigenvalue weighted by Gasteiger charge is -2.04. The first kappa shape index (κ1) is 19.3. The maximum Gasteiger partial charge on any atom is 0.348 e. The Hall–Kier alpha value is -2.45. The van der Waals surface area contributed by atoms with Gasteiger partial charge in [0.15, 0.2) is 0 Å². The quantitative estimate of drug-likeness (QED) is 0.584. The van der Waals surface area contributed by atoms with Crippen molar-refractivity contribution < 1.29 is 14.3 Å². The summed E-state index contributed by atoms with van der Waals surface area (Å²) in [7, 11) is 1.60. The molecule has 1 N–H and O–H groups in total. The second-order valence-corrected chi connectivity index (χ2v) is 7.54. The van der Waals surface area contributed by atoms with Gasteiger partial charge >= 0.3 is 5.97 Å². The fourth-order valence-electron chi connectivity index (χ4n) is 2.63. The molecule has 0 atom stereocenters. The number of hydrogen-bond donors (Lipinski definition) is 1. The molecule has 2 aromatic heterocycles. The predicted octanol–water partition coefficient (Wildman–Crippen LogP) is 4.41. The molecule has 0 saturated carbocycles. The lowest BCUT2D eigenvalue weighted by atomic mass is 10.2. The van der Waals surface area contributed by atoms with Gasteiger partial charge < -0.3 is 14.5 Å². The Morgan fingerprint density at radius 1 is 1.37 bits per heavy atom. The topological polar surface area (TPSA) is 81.3 Å². The first-order valence-electron chi connectivity index (χ1n) is 8.16. The minimum atomic E-state index is -0.437. The average Bonchev–Trinajstić information content (AvgIpc) is 2.97. The van der Waals surface area contributed by atoms with E-state index in [4.69, 9.17) is 9.47 Å². The minimum Gasteiger partial charge on any atom is -0.496 e. The Kier molecular flexibility index (Phi) is 5.76. The van der Waals surface area contributed by atoms with Gasteiger partial charge in [0.05, 0.1) is 19.1 Å². The molecule has 0 aliphatic carbocycles. The zero-order chi connectivity index (χ0) is 19.6. The van der Waals surface area contributed by atoms with Crippen LogP contribution in [0.15, 0.2) is 27.5 Å². The van der Waals surface area contributed by atoms with Crippen LogP contribution in [-0.2, 0) is 4.74 Å². The molecule has 0 amide bonds. The lowest BCUT2D eigenvalue weighted by molar-refractivity contribution is 0.0531. The monoisotopic (exact) mass is 448 g/mol. The number of thiophene rings is 1. The summed E-state index contributed by atoms with van der Waals surface area (Å²) in [5, 5.41) is 0.417. The largest absolute Gasteiger partial charge is 0.496 e. The van der Waals surface area contributed by atoms with E-state index in [-0.39, 0.29) is 12.2 Å². The number of rotatable bonds is 5. The Morgan fingerprint density at radius 3 is 2.85 bits per heavy atom. The second-order valence-electron chi connectivity index (χ2n) is 5.63. The number of nitrogens with one attached hydrogen (secondary N) is 1. The molecule has 2 heterocycles. The van der Waals surface area contributed by atoms with E-state index in [1.54, 1.807) is 33.1 Å². The van der Waals surface area contributed by atoms with E-state index in [1.165, 1.54) is 0 Å². The number of carbonyl (C=O) groups is 1. The molecular formula is C19H17BrN2O4S. The Bertz CT molecular complexity index is 1100. The number of fused-ring (bicyclic) bond motifs is 1. The number of aromatic nitrogens is 2. The standard InChI is InChI=1S/C19H17BrN2O4S/c1-4-26-19(24)16-10(2)15-17(23)21-14(22-18(15)27-16)8-5-11-9-12(20)6-7-13(11)25-3/h5-9H,4H2,1-3H3,(H,21,22,23). The molecule has 27 heavy (non-hydrogen) atoms. The van der Waals surface area contributed by atoms with Crippen molar-refractivity contribution in [2.24, 2.45) is 0 Å². The summed E-state index contributed by atoms with van der Waals surface area (Å²) in [6.07, 6.45) is 3.50. The maximum atomic E-state index is 12.5. The second kappa shape index (κ2) is 8.06. The molecule has 140 valence electrons. The fraction of sp³-hybridized carbons (Fsp3) is 0.211. The molecule has 0 radical (unpaired) electrons. The molecule has 0 saturated heterocycles. The molecule has 0 bridgehead atoms. The summed E-state index contributed by atoms with van der Waals surface area (Å²) in [6.45, 7) is 3.74. The highest BCUT2D eigenvalue weighted by atomic mass is 79.9. The third-order valence-corrected chi connectivity index (χ3v) is 5.55. The van der Waals surface area contributed by atoms with Crippen LogP contribution in [0.4, 0.5) is 0 Å². The van der Waals surface area contributed by atoms with E-state index in [2.05, 4.69) is 25.9 Å². The molecule has 8 heteroatoms. The van der Waals surface area contributed by atoms with Gasteiger partial charge in [-0.25, -0.2) is 9.78 Å². The van der Waals surface area contributed by atoms with Gasteiger partial charge in [-0.1, -0.05) is 15.9 Å². The number of aryl methyl sites for hydroxylation is 1. The highest BCUT2D eigenvalue weighted by molar-refractivity contribution is 9.10. The van der Waals surface area contributed by atoms with Gasteiger partial charge in [0.25, 0.3) is 5.56 Å².